The number of ether oxygens (including phenoxy) is 1. The lowest BCUT2D eigenvalue weighted by Crippen LogP contribution is -2.40. The molecule has 1 aliphatic rings. The van der Waals surface area contributed by atoms with Crippen LogP contribution in [0.3, 0.4) is 0 Å². The Labute approximate surface area is 205 Å². The van der Waals surface area contributed by atoms with Crippen molar-refractivity contribution >= 4 is 34.4 Å². The molecule has 188 valence electrons. The van der Waals surface area contributed by atoms with Gasteiger partial charge in [0.05, 0.1) is 23.3 Å². The van der Waals surface area contributed by atoms with E-state index >= 15 is 0 Å². The molecule has 0 fully saturated rings. The molecule has 1 heterocycles. The number of aromatic nitrogens is 1. The fourth-order valence-corrected chi connectivity index (χ4v) is 4.17. The van der Waals surface area contributed by atoms with Crippen molar-refractivity contribution in [3.63, 3.8) is 0 Å². The van der Waals surface area contributed by atoms with Crippen LogP contribution in [-0.4, -0.2) is 35.4 Å². The van der Waals surface area contributed by atoms with Crippen LogP contribution in [0, 0.1) is 24.4 Å². The van der Waals surface area contributed by atoms with Crippen molar-refractivity contribution in [3.8, 4) is 0 Å². The molecule has 0 saturated heterocycles. The molecule has 1 unspecified atom stereocenters. The van der Waals surface area contributed by atoms with Crippen molar-refractivity contribution in [2.45, 2.75) is 45.6 Å². The van der Waals surface area contributed by atoms with Crippen LogP contribution in [-0.2, 0) is 27.2 Å². The SMILES string of the molecule is Cc1ccc2nc3c(c(C(=O)OC(C)C(=O)NCC(=O)Nc4ccc(F)c(F)c4F)c2c1)CCCC3. The van der Waals surface area contributed by atoms with Gasteiger partial charge in [-0.15, -0.1) is 0 Å². The van der Waals surface area contributed by atoms with Gasteiger partial charge in [-0.3, -0.25) is 14.6 Å². The quantitative estimate of drug-likeness (QED) is 0.393. The summed E-state index contributed by atoms with van der Waals surface area (Å²) in [5.41, 5.74) is 3.12. The van der Waals surface area contributed by atoms with Gasteiger partial charge in [0, 0.05) is 11.1 Å². The normalized spacial score (nSPS) is 13.6. The van der Waals surface area contributed by atoms with Gasteiger partial charge < -0.3 is 15.4 Å². The van der Waals surface area contributed by atoms with Crippen LogP contribution >= 0.6 is 0 Å². The molecule has 1 aliphatic carbocycles. The number of esters is 1. The number of carbonyl (C=O) groups is 3. The highest BCUT2D eigenvalue weighted by Gasteiger charge is 2.27. The molecule has 2 amide bonds. The van der Waals surface area contributed by atoms with E-state index in [-0.39, 0.29) is 0 Å². The zero-order valence-corrected chi connectivity index (χ0v) is 19.7. The number of nitrogens with zero attached hydrogens (tertiary/aromatic N) is 1. The number of aryl methyl sites for hydroxylation is 2. The molecule has 7 nitrogen and oxygen atoms in total. The zero-order chi connectivity index (χ0) is 26.0. The Bertz CT molecular complexity index is 1380. The van der Waals surface area contributed by atoms with Gasteiger partial charge in [0.2, 0.25) is 5.91 Å². The molecule has 10 heteroatoms. The molecule has 4 rings (SSSR count). The van der Waals surface area contributed by atoms with Crippen LogP contribution in [0.15, 0.2) is 30.3 Å². The van der Waals surface area contributed by atoms with Gasteiger partial charge in [-0.25, -0.2) is 18.0 Å². The predicted molar refractivity (Wildman–Crippen MR) is 126 cm³/mol. The third-order valence-corrected chi connectivity index (χ3v) is 6.01. The minimum atomic E-state index is -1.72. The number of benzene rings is 2. The van der Waals surface area contributed by atoms with Crippen molar-refractivity contribution < 1.29 is 32.3 Å². The average molecular weight is 499 g/mol. The van der Waals surface area contributed by atoms with Crippen molar-refractivity contribution in [2.75, 3.05) is 11.9 Å². The van der Waals surface area contributed by atoms with Crippen LogP contribution in [0.4, 0.5) is 18.9 Å². The zero-order valence-electron chi connectivity index (χ0n) is 19.7. The molecule has 2 aromatic carbocycles. The Kier molecular flexibility index (Phi) is 7.23. The maximum Gasteiger partial charge on any atom is 0.339 e. The molecular weight excluding hydrogens is 475 g/mol. The number of nitrogens with one attached hydrogen (secondary N) is 2. The van der Waals surface area contributed by atoms with Crippen LogP contribution in [0.1, 0.15) is 46.9 Å². The summed E-state index contributed by atoms with van der Waals surface area (Å²) >= 11 is 0. The van der Waals surface area contributed by atoms with Crippen molar-refractivity contribution in [3.05, 3.63) is 70.2 Å². The predicted octanol–water partition coefficient (Wildman–Crippen LogP) is 4.14. The fourth-order valence-electron chi connectivity index (χ4n) is 4.17. The standard InChI is InChI=1S/C26H24F3N3O4/c1-13-7-9-19-16(11-13)22(15-5-3-4-6-18(15)31-19)26(35)36-14(2)25(34)30-12-21(33)32-20-10-8-17(27)23(28)24(20)29/h7-11,14H,3-6,12H2,1-2H3,(H,30,34)(H,32,33). The third-order valence-electron chi connectivity index (χ3n) is 6.01. The Morgan fingerprint density at radius 1 is 1.06 bits per heavy atom. The highest BCUT2D eigenvalue weighted by molar-refractivity contribution is 6.06. The van der Waals surface area contributed by atoms with Gasteiger partial charge in [0.1, 0.15) is 0 Å². The second-order valence-corrected chi connectivity index (χ2v) is 8.68. The number of halogens is 3. The van der Waals surface area contributed by atoms with Gasteiger partial charge in [-0.1, -0.05) is 11.6 Å². The Hall–Kier alpha value is -3.95. The molecule has 3 aromatic rings. The van der Waals surface area contributed by atoms with Crippen molar-refractivity contribution in [1.82, 2.24) is 10.3 Å². The number of hydrogen-bond donors (Lipinski definition) is 2. The summed E-state index contributed by atoms with van der Waals surface area (Å²) in [4.78, 5) is 42.4. The van der Waals surface area contributed by atoms with Gasteiger partial charge in [-0.05, 0) is 69.4 Å². The van der Waals surface area contributed by atoms with Crippen molar-refractivity contribution in [1.29, 1.82) is 0 Å². The monoisotopic (exact) mass is 499 g/mol. The molecule has 0 radical (unpaired) electrons. The smallest absolute Gasteiger partial charge is 0.339 e. The first-order valence-electron chi connectivity index (χ1n) is 11.5. The number of carbonyl (C=O) groups excluding carboxylic acids is 3. The number of fused-ring (bicyclic) bond motifs is 2. The van der Waals surface area contributed by atoms with E-state index < -0.39 is 53.6 Å². The largest absolute Gasteiger partial charge is 0.449 e. The summed E-state index contributed by atoms with van der Waals surface area (Å²) in [7, 11) is 0. The van der Waals surface area contributed by atoms with Crippen molar-refractivity contribution in [2.24, 2.45) is 0 Å². The summed E-state index contributed by atoms with van der Waals surface area (Å²) in [6, 6.07) is 7.14. The van der Waals surface area contributed by atoms with Gasteiger partial charge in [0.25, 0.3) is 5.91 Å². The lowest BCUT2D eigenvalue weighted by atomic mass is 9.89. The maximum absolute atomic E-state index is 13.7. The minimum absolute atomic E-state index is 0.393. The van der Waals surface area contributed by atoms with Crippen LogP contribution in [0.5, 0.6) is 0 Å². The number of pyridine rings is 1. The summed E-state index contributed by atoms with van der Waals surface area (Å²) in [5, 5.41) is 4.99. The van der Waals surface area contributed by atoms with Gasteiger partial charge in [0.15, 0.2) is 23.6 Å². The average Bonchev–Trinajstić information content (AvgIpc) is 2.86. The molecule has 36 heavy (non-hydrogen) atoms. The minimum Gasteiger partial charge on any atom is -0.449 e. The molecule has 0 bridgehead atoms. The molecule has 1 atom stereocenters. The van der Waals surface area contributed by atoms with E-state index in [9.17, 15) is 27.6 Å². The Morgan fingerprint density at radius 3 is 2.58 bits per heavy atom. The highest BCUT2D eigenvalue weighted by atomic mass is 19.2. The molecule has 0 aliphatic heterocycles. The lowest BCUT2D eigenvalue weighted by Gasteiger charge is -2.21. The van der Waals surface area contributed by atoms with E-state index in [0.717, 1.165) is 42.1 Å². The van der Waals surface area contributed by atoms with Crippen LogP contribution in [0.2, 0.25) is 0 Å². The number of rotatable bonds is 6. The molecule has 1 aromatic heterocycles. The second kappa shape index (κ2) is 10.3. The number of anilines is 1. The van der Waals surface area contributed by atoms with Gasteiger partial charge in [-0.2, -0.15) is 0 Å². The van der Waals surface area contributed by atoms with Gasteiger partial charge >= 0.3 is 5.97 Å². The summed E-state index contributed by atoms with van der Waals surface area (Å²) in [6.45, 7) is 2.66. The highest BCUT2D eigenvalue weighted by Crippen LogP contribution is 2.30. The topological polar surface area (TPSA) is 97.4 Å². The molecule has 2 N–H and O–H groups in total. The summed E-state index contributed by atoms with van der Waals surface area (Å²) in [5.74, 6) is -6.97. The second-order valence-electron chi connectivity index (χ2n) is 8.68. The molecule has 0 saturated carbocycles. The van der Waals surface area contributed by atoms with E-state index in [1.807, 2.05) is 30.4 Å². The summed E-state index contributed by atoms with van der Waals surface area (Å²) in [6.07, 6.45) is 2.08. The fraction of sp³-hybridized carbons (Fsp3) is 0.308. The maximum atomic E-state index is 13.7. The van der Waals surface area contributed by atoms with E-state index in [2.05, 4.69) is 5.32 Å². The number of hydrogen-bond acceptors (Lipinski definition) is 5. The third kappa shape index (κ3) is 5.17. The van der Waals surface area contributed by atoms with E-state index in [1.165, 1.54) is 6.92 Å². The first-order valence-corrected chi connectivity index (χ1v) is 11.5. The summed E-state index contributed by atoms with van der Waals surface area (Å²) < 4.78 is 45.5. The first-order chi connectivity index (χ1) is 17.2. The molecular formula is C26H24F3N3O4. The van der Waals surface area contributed by atoms with Crippen LogP contribution < -0.4 is 10.6 Å². The van der Waals surface area contributed by atoms with E-state index in [1.54, 1.807) is 0 Å². The van der Waals surface area contributed by atoms with Crippen LogP contribution in [0.25, 0.3) is 10.9 Å². The Morgan fingerprint density at radius 2 is 1.81 bits per heavy atom. The Balaban J connectivity index is 1.44. The van der Waals surface area contributed by atoms with E-state index in [0.29, 0.717) is 29.0 Å². The molecule has 0 spiro atoms. The van der Waals surface area contributed by atoms with E-state index in [4.69, 9.17) is 9.72 Å². The number of amides is 2. The lowest BCUT2D eigenvalue weighted by molar-refractivity contribution is -0.130. The first kappa shape index (κ1) is 25.2.